The van der Waals surface area contributed by atoms with Crippen molar-refractivity contribution in [2.24, 2.45) is 0 Å². The summed E-state index contributed by atoms with van der Waals surface area (Å²) in [4.78, 5) is 9.02. The zero-order valence-corrected chi connectivity index (χ0v) is 12.2. The van der Waals surface area contributed by atoms with Gasteiger partial charge in [0.2, 0.25) is 17.5 Å². The maximum absolute atomic E-state index is 9.26. The van der Waals surface area contributed by atoms with Crippen LogP contribution < -0.4 is 9.80 Å². The van der Waals surface area contributed by atoms with Gasteiger partial charge in [0.15, 0.2) is 0 Å². The van der Waals surface area contributed by atoms with Gasteiger partial charge in [-0.1, -0.05) is 6.07 Å². The van der Waals surface area contributed by atoms with Gasteiger partial charge in [-0.05, 0) is 18.4 Å². The summed E-state index contributed by atoms with van der Waals surface area (Å²) in [6, 6.07) is 6.07. The van der Waals surface area contributed by atoms with Gasteiger partial charge in [0.1, 0.15) is 6.07 Å². The van der Waals surface area contributed by atoms with E-state index >= 15 is 0 Å². The summed E-state index contributed by atoms with van der Waals surface area (Å²) in [5.74, 6) is 1.18. The average Bonchev–Trinajstić information content (AvgIpc) is 3.16. The first-order chi connectivity index (χ1) is 9.81. The number of piperazine rings is 1. The lowest BCUT2D eigenvalue weighted by Gasteiger charge is -2.31. The predicted octanol–water partition coefficient (Wildman–Crippen LogP) is 1.000. The number of likely N-dealkylation sites (N-methyl/N-ethyl adjacent to an activating group) is 1. The molecule has 1 aliphatic rings. The van der Waals surface area contributed by atoms with E-state index in [9.17, 15) is 5.26 Å². The predicted molar refractivity (Wildman–Crippen MR) is 78.0 cm³/mol. The summed E-state index contributed by atoms with van der Waals surface area (Å²) in [5.41, 5.74) is 0.397. The lowest BCUT2D eigenvalue weighted by atomic mass is 10.3. The third kappa shape index (κ3) is 2.42. The van der Waals surface area contributed by atoms with Crippen molar-refractivity contribution < 1.29 is 9.32 Å². The number of nitrogens with zero attached hydrogens (tertiary/aromatic N) is 3. The molecule has 1 saturated heterocycles. The Hall–Kier alpha value is -1.84. The van der Waals surface area contributed by atoms with Crippen molar-refractivity contribution >= 4 is 17.2 Å². The second-order valence-electron chi connectivity index (χ2n) is 4.85. The molecule has 0 aromatic carbocycles. The Morgan fingerprint density at radius 3 is 2.90 bits per heavy atom. The highest BCUT2D eigenvalue weighted by molar-refractivity contribution is 7.13. The zero-order chi connectivity index (χ0) is 13.9. The van der Waals surface area contributed by atoms with Crippen LogP contribution in [-0.2, 0) is 0 Å². The van der Waals surface area contributed by atoms with Gasteiger partial charge < -0.3 is 14.2 Å². The smallest absolute Gasteiger partial charge is 0.240 e. The van der Waals surface area contributed by atoms with Crippen molar-refractivity contribution in [1.82, 2.24) is 4.98 Å². The fraction of sp³-hybridized carbons (Fsp3) is 0.429. The van der Waals surface area contributed by atoms with E-state index in [0.717, 1.165) is 37.6 Å². The van der Waals surface area contributed by atoms with Crippen molar-refractivity contribution in [2.45, 2.75) is 6.92 Å². The second kappa shape index (κ2) is 5.65. The van der Waals surface area contributed by atoms with Crippen LogP contribution >= 0.6 is 11.3 Å². The molecule has 3 rings (SSSR count). The number of rotatable bonds is 3. The minimum absolute atomic E-state index is 0.397. The van der Waals surface area contributed by atoms with Gasteiger partial charge in [-0.15, -0.1) is 11.3 Å². The summed E-state index contributed by atoms with van der Waals surface area (Å²) in [6.45, 7) is 7.34. The molecule has 0 unspecified atom stereocenters. The highest BCUT2D eigenvalue weighted by atomic mass is 32.1. The topological polar surface area (TPSA) is 57.5 Å². The Balaban J connectivity index is 1.85. The Kier molecular flexibility index (Phi) is 3.72. The van der Waals surface area contributed by atoms with Crippen LogP contribution in [0.2, 0.25) is 0 Å². The van der Waals surface area contributed by atoms with Gasteiger partial charge in [-0.3, -0.25) is 0 Å². The van der Waals surface area contributed by atoms with Crippen LogP contribution in [0.5, 0.6) is 0 Å². The fourth-order valence-electron chi connectivity index (χ4n) is 2.48. The quantitative estimate of drug-likeness (QED) is 0.916. The van der Waals surface area contributed by atoms with E-state index < -0.39 is 0 Å². The molecule has 20 heavy (non-hydrogen) atoms. The normalized spacial score (nSPS) is 16.3. The van der Waals surface area contributed by atoms with Crippen molar-refractivity contribution in [1.29, 1.82) is 5.26 Å². The third-order valence-corrected chi connectivity index (χ3v) is 4.56. The van der Waals surface area contributed by atoms with Crippen LogP contribution in [0.25, 0.3) is 10.8 Å². The van der Waals surface area contributed by atoms with Gasteiger partial charge in [0.25, 0.3) is 0 Å². The minimum atomic E-state index is 0.397. The monoisotopic (exact) mass is 289 g/mol. The number of quaternary nitrogens is 1. The number of hydrogen-bond acceptors (Lipinski definition) is 5. The maximum atomic E-state index is 9.26. The number of oxazole rings is 1. The van der Waals surface area contributed by atoms with Gasteiger partial charge >= 0.3 is 0 Å². The van der Waals surface area contributed by atoms with Crippen molar-refractivity contribution in [2.75, 3.05) is 37.6 Å². The van der Waals surface area contributed by atoms with Crippen LogP contribution in [0.3, 0.4) is 0 Å². The van der Waals surface area contributed by atoms with Crippen molar-refractivity contribution in [3.63, 3.8) is 0 Å². The Labute approximate surface area is 122 Å². The SMILES string of the molecule is CC[NH+]1CCN(c2oc(-c3cccs3)nc2C#N)CC1. The standard InChI is InChI=1S/C14H16N4OS/c1-2-17-5-7-18(8-6-17)14-11(10-15)16-13(19-14)12-4-3-9-20-12/h3-4,9H,2,5-8H2,1H3/p+1. The molecule has 0 spiro atoms. The molecule has 0 atom stereocenters. The molecular formula is C14H17N4OS+. The second-order valence-corrected chi connectivity index (χ2v) is 5.80. The molecule has 5 nitrogen and oxygen atoms in total. The number of nitrogens with one attached hydrogen (secondary N) is 1. The van der Waals surface area contributed by atoms with Crippen LogP contribution in [0.1, 0.15) is 12.6 Å². The molecule has 1 N–H and O–H groups in total. The molecule has 6 heteroatoms. The zero-order valence-electron chi connectivity index (χ0n) is 11.4. The van der Waals surface area contributed by atoms with Crippen molar-refractivity contribution in [3.05, 3.63) is 23.2 Å². The molecule has 0 amide bonds. The van der Waals surface area contributed by atoms with E-state index in [-0.39, 0.29) is 0 Å². The minimum Gasteiger partial charge on any atom is -0.418 e. The molecule has 2 aromatic heterocycles. The first-order valence-corrected chi connectivity index (χ1v) is 7.73. The largest absolute Gasteiger partial charge is 0.418 e. The van der Waals surface area contributed by atoms with Gasteiger partial charge in [-0.25, -0.2) is 0 Å². The Morgan fingerprint density at radius 2 is 2.30 bits per heavy atom. The molecule has 0 saturated carbocycles. The van der Waals surface area contributed by atoms with E-state index in [1.54, 1.807) is 16.2 Å². The van der Waals surface area contributed by atoms with E-state index in [1.165, 1.54) is 0 Å². The first-order valence-electron chi connectivity index (χ1n) is 6.85. The van der Waals surface area contributed by atoms with Gasteiger partial charge in [-0.2, -0.15) is 10.2 Å². The fourth-order valence-corrected chi connectivity index (χ4v) is 3.13. The van der Waals surface area contributed by atoms with E-state index in [4.69, 9.17) is 4.42 Å². The average molecular weight is 289 g/mol. The molecule has 1 fully saturated rings. The number of nitriles is 1. The molecule has 0 aliphatic carbocycles. The molecule has 3 heterocycles. The number of thiophene rings is 1. The molecule has 2 aromatic rings. The highest BCUT2D eigenvalue weighted by Crippen LogP contribution is 2.30. The van der Waals surface area contributed by atoms with Gasteiger partial charge in [0.05, 0.1) is 37.6 Å². The molecule has 104 valence electrons. The van der Waals surface area contributed by atoms with Gasteiger partial charge in [0, 0.05) is 0 Å². The molecule has 1 aliphatic heterocycles. The lowest BCUT2D eigenvalue weighted by molar-refractivity contribution is -0.898. The molecule has 0 radical (unpaired) electrons. The number of anilines is 1. The summed E-state index contributed by atoms with van der Waals surface area (Å²) >= 11 is 1.57. The van der Waals surface area contributed by atoms with Crippen LogP contribution in [-0.4, -0.2) is 37.7 Å². The summed E-state index contributed by atoms with van der Waals surface area (Å²) in [5, 5.41) is 11.2. The summed E-state index contributed by atoms with van der Waals surface area (Å²) in [6.07, 6.45) is 0. The highest BCUT2D eigenvalue weighted by Gasteiger charge is 2.25. The summed E-state index contributed by atoms with van der Waals surface area (Å²) in [7, 11) is 0. The Bertz CT molecular complexity index is 606. The number of hydrogen-bond donors (Lipinski definition) is 1. The number of aromatic nitrogens is 1. The van der Waals surface area contributed by atoms with E-state index in [0.29, 0.717) is 17.5 Å². The summed E-state index contributed by atoms with van der Waals surface area (Å²) < 4.78 is 5.85. The van der Waals surface area contributed by atoms with Crippen LogP contribution in [0.4, 0.5) is 5.88 Å². The van der Waals surface area contributed by atoms with E-state index in [1.807, 2.05) is 17.5 Å². The van der Waals surface area contributed by atoms with Crippen molar-refractivity contribution in [3.8, 4) is 16.8 Å². The van der Waals surface area contributed by atoms with E-state index in [2.05, 4.69) is 22.9 Å². The Morgan fingerprint density at radius 1 is 1.50 bits per heavy atom. The first kappa shape index (κ1) is 13.2. The third-order valence-electron chi connectivity index (χ3n) is 3.70. The van der Waals surface area contributed by atoms with Crippen LogP contribution in [0, 0.1) is 11.3 Å². The lowest BCUT2D eigenvalue weighted by Crippen LogP contribution is -3.14. The molecular weight excluding hydrogens is 272 g/mol. The van der Waals surface area contributed by atoms with Crippen LogP contribution in [0.15, 0.2) is 21.9 Å². The maximum Gasteiger partial charge on any atom is 0.240 e. The molecule has 0 bridgehead atoms.